The molecule has 34 heavy (non-hydrogen) atoms. The SMILES string of the molecule is COCCN1C(=O)C(=O)/C(=C(\O)c2ccc(Cl)c(Cl)c2)C1c1ccc(OC)c(OCC(C)C)c1. The monoisotopic (exact) mass is 507 g/mol. The van der Waals surface area contributed by atoms with E-state index in [-0.39, 0.29) is 41.0 Å². The van der Waals surface area contributed by atoms with Crippen molar-refractivity contribution in [2.24, 2.45) is 5.92 Å². The molecule has 1 amide bonds. The van der Waals surface area contributed by atoms with Crippen LogP contribution in [0.1, 0.15) is 31.0 Å². The molecule has 0 spiro atoms. The summed E-state index contributed by atoms with van der Waals surface area (Å²) in [7, 11) is 3.04. The van der Waals surface area contributed by atoms with Crippen molar-refractivity contribution in [1.82, 2.24) is 4.90 Å². The number of amides is 1. The van der Waals surface area contributed by atoms with Crippen LogP contribution in [-0.4, -0.2) is 55.7 Å². The minimum absolute atomic E-state index is 0.0560. The summed E-state index contributed by atoms with van der Waals surface area (Å²) in [5.74, 6) is -0.616. The number of benzene rings is 2. The molecule has 1 aliphatic rings. The highest BCUT2D eigenvalue weighted by atomic mass is 35.5. The second-order valence-corrected chi connectivity index (χ2v) is 9.04. The molecule has 2 aromatic rings. The molecule has 0 bridgehead atoms. The molecule has 1 saturated heterocycles. The van der Waals surface area contributed by atoms with Gasteiger partial charge in [0.2, 0.25) is 0 Å². The second-order valence-electron chi connectivity index (χ2n) is 8.23. The number of hydrogen-bond acceptors (Lipinski definition) is 6. The van der Waals surface area contributed by atoms with Crippen LogP contribution < -0.4 is 9.47 Å². The normalized spacial score (nSPS) is 17.5. The molecule has 0 radical (unpaired) electrons. The Hall–Kier alpha value is -2.74. The number of aliphatic hydroxyl groups excluding tert-OH is 1. The average molecular weight is 508 g/mol. The van der Waals surface area contributed by atoms with E-state index in [1.807, 2.05) is 13.8 Å². The molecular formula is C25H27Cl2NO6. The quantitative estimate of drug-likeness (QED) is 0.288. The van der Waals surface area contributed by atoms with E-state index in [1.165, 1.54) is 37.3 Å². The maximum absolute atomic E-state index is 13.1. The Morgan fingerprint density at radius 1 is 1.06 bits per heavy atom. The predicted molar refractivity (Wildman–Crippen MR) is 131 cm³/mol. The number of ketones is 1. The molecule has 9 heteroatoms. The zero-order valence-electron chi connectivity index (χ0n) is 19.4. The molecule has 1 fully saturated rings. The van der Waals surface area contributed by atoms with Gasteiger partial charge in [-0.05, 0) is 41.8 Å². The standard InChI is InChI=1S/C25H27Cl2NO6/c1-14(2)13-34-20-12-15(6-8-19(20)33-4)22-21(24(30)25(31)28(22)9-10-32-3)23(29)16-5-7-17(26)18(27)11-16/h5-8,11-12,14,22,29H,9-10,13H2,1-4H3/b23-21-. The number of likely N-dealkylation sites (tertiary alicyclic amines) is 1. The minimum atomic E-state index is -0.864. The third-order valence-electron chi connectivity index (χ3n) is 5.34. The van der Waals surface area contributed by atoms with Gasteiger partial charge in [-0.25, -0.2) is 0 Å². The number of aliphatic hydroxyl groups is 1. The van der Waals surface area contributed by atoms with E-state index in [2.05, 4.69) is 0 Å². The Bertz CT molecular complexity index is 1110. The van der Waals surface area contributed by atoms with E-state index in [4.69, 9.17) is 37.4 Å². The summed E-state index contributed by atoms with van der Waals surface area (Å²) >= 11 is 12.1. The van der Waals surface area contributed by atoms with E-state index in [0.717, 1.165) is 0 Å². The minimum Gasteiger partial charge on any atom is -0.507 e. The Morgan fingerprint density at radius 3 is 2.41 bits per heavy atom. The number of halogens is 2. The largest absolute Gasteiger partial charge is 0.507 e. The molecule has 0 aromatic heterocycles. The molecule has 3 rings (SSSR count). The first-order valence-electron chi connectivity index (χ1n) is 10.7. The van der Waals surface area contributed by atoms with E-state index in [0.29, 0.717) is 28.7 Å². The van der Waals surface area contributed by atoms with Gasteiger partial charge in [-0.2, -0.15) is 0 Å². The first kappa shape index (κ1) is 25.9. The van der Waals surface area contributed by atoms with Crippen LogP contribution in [0.15, 0.2) is 42.0 Å². The fraction of sp³-hybridized carbons (Fsp3) is 0.360. The smallest absolute Gasteiger partial charge is 0.295 e. The summed E-state index contributed by atoms with van der Waals surface area (Å²) in [4.78, 5) is 27.4. The van der Waals surface area contributed by atoms with Gasteiger partial charge in [-0.15, -0.1) is 0 Å². The molecule has 1 heterocycles. The van der Waals surface area contributed by atoms with Gasteiger partial charge >= 0.3 is 0 Å². The van der Waals surface area contributed by atoms with E-state index >= 15 is 0 Å². The third-order valence-corrected chi connectivity index (χ3v) is 6.08. The number of carbonyl (C=O) groups is 2. The van der Waals surface area contributed by atoms with Crippen LogP contribution in [0.2, 0.25) is 10.0 Å². The van der Waals surface area contributed by atoms with Crippen molar-refractivity contribution in [2.45, 2.75) is 19.9 Å². The number of methoxy groups -OCH3 is 2. The van der Waals surface area contributed by atoms with Crippen molar-refractivity contribution in [1.29, 1.82) is 0 Å². The summed E-state index contributed by atoms with van der Waals surface area (Å²) in [5.41, 5.74) is 0.796. The van der Waals surface area contributed by atoms with Gasteiger partial charge < -0.3 is 24.2 Å². The van der Waals surface area contributed by atoms with Gasteiger partial charge in [0.05, 0.1) is 42.0 Å². The molecule has 0 saturated carbocycles. The number of rotatable bonds is 9. The Morgan fingerprint density at radius 2 is 1.79 bits per heavy atom. The summed E-state index contributed by atoms with van der Waals surface area (Å²) in [6.07, 6.45) is 0. The molecule has 182 valence electrons. The Kier molecular flexibility index (Phi) is 8.47. The number of nitrogens with zero attached hydrogens (tertiary/aromatic N) is 1. The van der Waals surface area contributed by atoms with Crippen LogP contribution in [0.3, 0.4) is 0 Å². The van der Waals surface area contributed by atoms with Crippen molar-refractivity contribution in [3.05, 3.63) is 63.1 Å². The summed E-state index contributed by atoms with van der Waals surface area (Å²) < 4.78 is 16.5. The maximum Gasteiger partial charge on any atom is 0.295 e. The molecule has 1 atom stereocenters. The van der Waals surface area contributed by atoms with E-state index in [9.17, 15) is 14.7 Å². The lowest BCUT2D eigenvalue weighted by Crippen LogP contribution is -2.32. The Labute approximate surface area is 208 Å². The molecule has 0 aliphatic carbocycles. The molecular weight excluding hydrogens is 481 g/mol. The molecule has 7 nitrogen and oxygen atoms in total. The summed E-state index contributed by atoms with van der Waals surface area (Å²) in [6.45, 7) is 4.86. The van der Waals surface area contributed by atoms with E-state index in [1.54, 1.807) is 18.2 Å². The Balaban J connectivity index is 2.17. The third kappa shape index (κ3) is 5.32. The zero-order chi connectivity index (χ0) is 25.0. The number of carbonyl (C=O) groups excluding carboxylic acids is 2. The van der Waals surface area contributed by atoms with Gasteiger partial charge in [0.15, 0.2) is 11.5 Å². The summed E-state index contributed by atoms with van der Waals surface area (Å²) in [6, 6.07) is 8.80. The van der Waals surface area contributed by atoms with Gasteiger partial charge in [-0.1, -0.05) is 43.1 Å². The van der Waals surface area contributed by atoms with Crippen LogP contribution in [0.5, 0.6) is 11.5 Å². The number of hydrogen-bond donors (Lipinski definition) is 1. The van der Waals surface area contributed by atoms with Gasteiger partial charge in [0.25, 0.3) is 11.7 Å². The van der Waals surface area contributed by atoms with Crippen LogP contribution in [0.4, 0.5) is 0 Å². The lowest BCUT2D eigenvalue weighted by molar-refractivity contribution is -0.140. The first-order chi connectivity index (χ1) is 16.2. The lowest BCUT2D eigenvalue weighted by Gasteiger charge is -2.26. The highest BCUT2D eigenvalue weighted by Crippen LogP contribution is 2.42. The topological polar surface area (TPSA) is 85.3 Å². The van der Waals surface area contributed by atoms with Crippen molar-refractivity contribution in [2.75, 3.05) is 34.0 Å². The van der Waals surface area contributed by atoms with Crippen LogP contribution >= 0.6 is 23.2 Å². The lowest BCUT2D eigenvalue weighted by atomic mass is 9.95. The fourth-order valence-electron chi connectivity index (χ4n) is 3.68. The van der Waals surface area contributed by atoms with Crippen molar-refractivity contribution >= 4 is 40.7 Å². The molecule has 1 unspecified atom stereocenters. The highest BCUT2D eigenvalue weighted by molar-refractivity contribution is 6.46. The van der Waals surface area contributed by atoms with Crippen LogP contribution in [0.25, 0.3) is 5.76 Å². The number of Topliss-reactive ketones (excluding diaryl/α,β-unsaturated/α-hetero) is 1. The van der Waals surface area contributed by atoms with Crippen molar-refractivity contribution < 1.29 is 28.9 Å². The molecule has 1 N–H and O–H groups in total. The highest BCUT2D eigenvalue weighted by Gasteiger charge is 2.46. The maximum atomic E-state index is 13.1. The molecule has 2 aromatic carbocycles. The molecule has 1 aliphatic heterocycles. The van der Waals surface area contributed by atoms with Crippen LogP contribution in [0, 0.1) is 5.92 Å². The first-order valence-corrected chi connectivity index (χ1v) is 11.5. The fourth-order valence-corrected chi connectivity index (χ4v) is 3.98. The summed E-state index contributed by atoms with van der Waals surface area (Å²) in [5, 5.41) is 11.7. The van der Waals surface area contributed by atoms with Gasteiger partial charge in [0.1, 0.15) is 5.76 Å². The average Bonchev–Trinajstić information content (AvgIpc) is 3.07. The zero-order valence-corrected chi connectivity index (χ0v) is 20.9. The number of ether oxygens (including phenoxy) is 3. The van der Waals surface area contributed by atoms with Crippen molar-refractivity contribution in [3.63, 3.8) is 0 Å². The van der Waals surface area contributed by atoms with E-state index < -0.39 is 17.7 Å². The van der Waals surface area contributed by atoms with Crippen molar-refractivity contribution in [3.8, 4) is 11.5 Å². The second kappa shape index (κ2) is 11.1. The predicted octanol–water partition coefficient (Wildman–Crippen LogP) is 5.10. The van der Waals surface area contributed by atoms with Crippen LogP contribution in [-0.2, 0) is 14.3 Å². The van der Waals surface area contributed by atoms with Gasteiger partial charge in [-0.3, -0.25) is 9.59 Å². The van der Waals surface area contributed by atoms with Gasteiger partial charge in [0, 0.05) is 19.2 Å².